The molecule has 0 aliphatic carbocycles. The molecule has 0 aliphatic rings. The van der Waals surface area contributed by atoms with E-state index >= 15 is 0 Å². The lowest BCUT2D eigenvalue weighted by Crippen LogP contribution is -1.98. The van der Waals surface area contributed by atoms with Gasteiger partial charge in [-0.05, 0) is 29.7 Å². The van der Waals surface area contributed by atoms with Crippen LogP contribution < -0.4 is 4.74 Å². The molecule has 0 bridgehead atoms. The first-order chi connectivity index (χ1) is 8.30. The number of halogens is 2. The Morgan fingerprint density at radius 2 is 1.59 bits per heavy atom. The number of ether oxygens (including phenoxy) is 1. The number of hydrogen-bond acceptors (Lipinski definition) is 1. The third-order valence-corrected chi connectivity index (χ3v) is 3.90. The van der Waals surface area contributed by atoms with Crippen molar-refractivity contribution >= 4 is 31.9 Å². The van der Waals surface area contributed by atoms with Gasteiger partial charge in [0.15, 0.2) is 0 Å². The van der Waals surface area contributed by atoms with Gasteiger partial charge in [0.2, 0.25) is 0 Å². The highest BCUT2D eigenvalue weighted by atomic mass is 79.9. The highest BCUT2D eigenvalue weighted by Gasteiger charge is 2.01. The van der Waals surface area contributed by atoms with Crippen molar-refractivity contribution < 1.29 is 4.74 Å². The average molecular weight is 364 g/mol. The van der Waals surface area contributed by atoms with Crippen molar-refractivity contribution in [2.45, 2.75) is 43.3 Å². The van der Waals surface area contributed by atoms with Gasteiger partial charge in [-0.15, -0.1) is 0 Å². The van der Waals surface area contributed by atoms with Crippen LogP contribution in [-0.4, -0.2) is 6.61 Å². The van der Waals surface area contributed by atoms with Crippen LogP contribution in [0.1, 0.15) is 43.7 Å². The van der Waals surface area contributed by atoms with Crippen LogP contribution in [0.2, 0.25) is 0 Å². The molecule has 0 unspecified atom stereocenters. The Labute approximate surface area is 121 Å². The van der Waals surface area contributed by atoms with E-state index < -0.39 is 0 Å². The summed E-state index contributed by atoms with van der Waals surface area (Å²) >= 11 is 6.97. The molecule has 3 heteroatoms. The molecule has 0 radical (unpaired) electrons. The normalized spacial score (nSPS) is 10.5. The van der Waals surface area contributed by atoms with Gasteiger partial charge in [0.1, 0.15) is 5.75 Å². The van der Waals surface area contributed by atoms with Crippen LogP contribution in [0.15, 0.2) is 18.2 Å². The van der Waals surface area contributed by atoms with Crippen LogP contribution in [0.4, 0.5) is 0 Å². The number of alkyl halides is 2. The summed E-state index contributed by atoms with van der Waals surface area (Å²) < 4.78 is 5.80. The maximum atomic E-state index is 5.80. The Morgan fingerprint density at radius 1 is 0.941 bits per heavy atom. The van der Waals surface area contributed by atoms with E-state index in [1.165, 1.54) is 30.4 Å². The van der Waals surface area contributed by atoms with Gasteiger partial charge in [0.05, 0.1) is 6.61 Å². The first-order valence-corrected chi connectivity index (χ1v) is 8.42. The number of hydrogen-bond donors (Lipinski definition) is 0. The maximum Gasteiger partial charge on any atom is 0.119 e. The van der Waals surface area contributed by atoms with Gasteiger partial charge in [0, 0.05) is 10.7 Å². The van der Waals surface area contributed by atoms with Crippen LogP contribution in [0.25, 0.3) is 0 Å². The maximum absolute atomic E-state index is 5.80. The van der Waals surface area contributed by atoms with Gasteiger partial charge in [0.25, 0.3) is 0 Å². The van der Waals surface area contributed by atoms with Crippen molar-refractivity contribution in [1.82, 2.24) is 0 Å². The van der Waals surface area contributed by atoms with Gasteiger partial charge < -0.3 is 4.74 Å². The van der Waals surface area contributed by atoms with Crippen molar-refractivity contribution in [2.75, 3.05) is 6.61 Å². The van der Waals surface area contributed by atoms with Crippen molar-refractivity contribution in [3.63, 3.8) is 0 Å². The Bertz CT molecular complexity index is 304. The van der Waals surface area contributed by atoms with Crippen molar-refractivity contribution in [1.29, 1.82) is 0 Å². The van der Waals surface area contributed by atoms with Crippen LogP contribution in [0.5, 0.6) is 5.75 Å². The molecule has 0 amide bonds. The SMILES string of the molecule is CCCCCCOc1cc(CBr)cc(CBr)c1. The lowest BCUT2D eigenvalue weighted by Gasteiger charge is -2.09. The lowest BCUT2D eigenvalue weighted by atomic mass is 10.1. The molecule has 1 nitrogen and oxygen atoms in total. The molecule has 1 aromatic carbocycles. The number of rotatable bonds is 8. The molecule has 0 fully saturated rings. The van der Waals surface area contributed by atoms with E-state index in [4.69, 9.17) is 4.74 Å². The molecular formula is C14H20Br2O. The largest absolute Gasteiger partial charge is 0.494 e. The summed E-state index contributed by atoms with van der Waals surface area (Å²) in [4.78, 5) is 0. The zero-order chi connectivity index (χ0) is 12.5. The van der Waals surface area contributed by atoms with Crippen LogP contribution >= 0.6 is 31.9 Å². The highest BCUT2D eigenvalue weighted by Crippen LogP contribution is 2.21. The quantitative estimate of drug-likeness (QED) is 0.441. The van der Waals surface area contributed by atoms with E-state index in [0.29, 0.717) is 0 Å². The third-order valence-electron chi connectivity index (χ3n) is 2.60. The van der Waals surface area contributed by atoms with Crippen LogP contribution in [-0.2, 0) is 10.7 Å². The van der Waals surface area contributed by atoms with Crippen molar-refractivity contribution in [3.05, 3.63) is 29.3 Å². The zero-order valence-electron chi connectivity index (χ0n) is 10.3. The summed E-state index contributed by atoms with van der Waals surface area (Å²) in [6.45, 7) is 3.05. The molecule has 0 aliphatic heterocycles. The van der Waals surface area contributed by atoms with E-state index in [9.17, 15) is 0 Å². The summed E-state index contributed by atoms with van der Waals surface area (Å²) in [5.41, 5.74) is 2.54. The summed E-state index contributed by atoms with van der Waals surface area (Å²) in [5.74, 6) is 0.993. The Hall–Kier alpha value is -0.0200. The summed E-state index contributed by atoms with van der Waals surface area (Å²) in [6.07, 6.45) is 4.99. The van der Waals surface area contributed by atoms with Gasteiger partial charge in [-0.3, -0.25) is 0 Å². The molecular weight excluding hydrogens is 344 g/mol. The first-order valence-electron chi connectivity index (χ1n) is 6.17. The summed E-state index contributed by atoms with van der Waals surface area (Å²) in [5, 5.41) is 1.75. The Balaban J connectivity index is 2.46. The number of benzene rings is 1. The lowest BCUT2D eigenvalue weighted by molar-refractivity contribution is 0.304. The third kappa shape index (κ3) is 5.91. The second kappa shape index (κ2) is 8.98. The monoisotopic (exact) mass is 362 g/mol. The summed E-state index contributed by atoms with van der Waals surface area (Å²) in [7, 11) is 0. The average Bonchev–Trinajstić information content (AvgIpc) is 2.38. The standard InChI is InChI=1S/C14H20Br2O/c1-2-3-4-5-6-17-14-8-12(10-15)7-13(9-14)11-16/h7-9H,2-6,10-11H2,1H3. The highest BCUT2D eigenvalue weighted by molar-refractivity contribution is 9.08. The first kappa shape index (κ1) is 15.0. The molecule has 0 heterocycles. The van der Waals surface area contributed by atoms with Gasteiger partial charge >= 0.3 is 0 Å². The van der Waals surface area contributed by atoms with E-state index in [2.05, 4.69) is 57.0 Å². The van der Waals surface area contributed by atoms with E-state index in [1.54, 1.807) is 0 Å². The van der Waals surface area contributed by atoms with E-state index in [1.807, 2.05) is 0 Å². The molecule has 0 saturated carbocycles. The minimum Gasteiger partial charge on any atom is -0.494 e. The van der Waals surface area contributed by atoms with Crippen LogP contribution in [0, 0.1) is 0 Å². The molecule has 0 atom stereocenters. The fraction of sp³-hybridized carbons (Fsp3) is 0.571. The molecule has 1 aromatic rings. The fourth-order valence-electron chi connectivity index (χ4n) is 1.69. The Kier molecular flexibility index (Phi) is 7.95. The predicted molar refractivity (Wildman–Crippen MR) is 81.3 cm³/mol. The van der Waals surface area contributed by atoms with E-state index in [-0.39, 0.29) is 0 Å². The molecule has 0 spiro atoms. The summed E-state index contributed by atoms with van der Waals surface area (Å²) in [6, 6.07) is 6.41. The molecule has 1 rings (SSSR count). The van der Waals surface area contributed by atoms with Gasteiger partial charge in [-0.1, -0.05) is 64.1 Å². The molecule has 17 heavy (non-hydrogen) atoms. The van der Waals surface area contributed by atoms with Crippen molar-refractivity contribution in [2.24, 2.45) is 0 Å². The molecule has 0 N–H and O–H groups in total. The predicted octanol–water partition coefficient (Wildman–Crippen LogP) is 5.44. The Morgan fingerprint density at radius 3 is 2.12 bits per heavy atom. The zero-order valence-corrected chi connectivity index (χ0v) is 13.5. The van der Waals surface area contributed by atoms with Gasteiger partial charge in [-0.25, -0.2) is 0 Å². The molecule has 96 valence electrons. The smallest absolute Gasteiger partial charge is 0.119 e. The second-order valence-corrected chi connectivity index (χ2v) is 5.28. The van der Waals surface area contributed by atoms with E-state index in [0.717, 1.165) is 29.4 Å². The minimum absolute atomic E-state index is 0.827. The van der Waals surface area contributed by atoms with Crippen LogP contribution in [0.3, 0.4) is 0 Å². The second-order valence-electron chi connectivity index (χ2n) is 4.16. The molecule has 0 saturated heterocycles. The van der Waals surface area contributed by atoms with Crippen molar-refractivity contribution in [3.8, 4) is 5.75 Å². The topological polar surface area (TPSA) is 9.23 Å². The van der Waals surface area contributed by atoms with Gasteiger partial charge in [-0.2, -0.15) is 0 Å². The number of unbranched alkanes of at least 4 members (excludes halogenated alkanes) is 3. The fourth-order valence-corrected chi connectivity index (χ4v) is 2.33. The minimum atomic E-state index is 0.827. The molecule has 0 aromatic heterocycles.